The number of halogens is 3. The fourth-order valence-electron chi connectivity index (χ4n) is 4.39. The van der Waals surface area contributed by atoms with Gasteiger partial charge in [-0.2, -0.15) is 0 Å². The Morgan fingerprint density at radius 3 is 2.60 bits per heavy atom. The molecule has 0 unspecified atom stereocenters. The van der Waals surface area contributed by atoms with Gasteiger partial charge in [0.2, 0.25) is 5.91 Å². The number of rotatable bonds is 4. The second kappa shape index (κ2) is 7.42. The summed E-state index contributed by atoms with van der Waals surface area (Å²) in [6.45, 7) is 2.10. The molecule has 1 amide bonds. The van der Waals surface area contributed by atoms with Gasteiger partial charge in [0, 0.05) is 17.5 Å². The molecule has 2 saturated carbocycles. The second-order valence-corrected chi connectivity index (χ2v) is 8.61. The summed E-state index contributed by atoms with van der Waals surface area (Å²) in [6, 6.07) is 2.37. The molecule has 0 saturated heterocycles. The van der Waals surface area contributed by atoms with E-state index in [1.54, 1.807) is 0 Å². The van der Waals surface area contributed by atoms with Crippen molar-refractivity contribution in [2.24, 2.45) is 17.1 Å². The summed E-state index contributed by atoms with van der Waals surface area (Å²) < 4.78 is 14.7. The van der Waals surface area contributed by atoms with Crippen molar-refractivity contribution in [1.82, 2.24) is 5.32 Å². The minimum atomic E-state index is -0.481. The first-order chi connectivity index (χ1) is 11.8. The fourth-order valence-corrected chi connectivity index (χ4v) is 4.82. The van der Waals surface area contributed by atoms with Crippen molar-refractivity contribution >= 4 is 29.1 Å². The molecular formula is C19H25Cl2FN2O. The van der Waals surface area contributed by atoms with Crippen molar-refractivity contribution in [2.75, 3.05) is 0 Å². The normalized spacial score (nSPS) is 26.6. The quantitative estimate of drug-likeness (QED) is 0.715. The minimum Gasteiger partial charge on any atom is -0.348 e. The largest absolute Gasteiger partial charge is 0.348 e. The van der Waals surface area contributed by atoms with E-state index in [4.69, 9.17) is 28.9 Å². The van der Waals surface area contributed by atoms with E-state index in [9.17, 15) is 9.18 Å². The van der Waals surface area contributed by atoms with Gasteiger partial charge in [0.15, 0.2) is 0 Å². The highest BCUT2D eigenvalue weighted by atomic mass is 35.5. The lowest BCUT2D eigenvalue weighted by Gasteiger charge is -2.36. The zero-order valence-corrected chi connectivity index (χ0v) is 16.0. The lowest BCUT2D eigenvalue weighted by molar-refractivity contribution is -0.126. The predicted octanol–water partition coefficient (Wildman–Crippen LogP) is 5.00. The minimum absolute atomic E-state index is 0.0542. The topological polar surface area (TPSA) is 55.1 Å². The number of hydrogen-bond donors (Lipinski definition) is 2. The first kappa shape index (κ1) is 18.9. The average molecular weight is 387 g/mol. The van der Waals surface area contributed by atoms with Gasteiger partial charge >= 0.3 is 0 Å². The van der Waals surface area contributed by atoms with Crippen LogP contribution in [0, 0.1) is 17.2 Å². The molecule has 3 N–H and O–H groups in total. The Bertz CT molecular complexity index is 661. The SMILES string of the molecule is CC1([C@H](NC(=O)[C@@H]2CC[C@@H](N)C2)c2c(F)ccc(Cl)c2Cl)CCCC1. The van der Waals surface area contributed by atoms with Gasteiger partial charge in [0.1, 0.15) is 5.82 Å². The first-order valence-electron chi connectivity index (χ1n) is 9.01. The number of amides is 1. The molecule has 3 atom stereocenters. The molecule has 25 heavy (non-hydrogen) atoms. The molecule has 1 aromatic rings. The van der Waals surface area contributed by atoms with Gasteiger partial charge in [0.25, 0.3) is 0 Å². The summed E-state index contributed by atoms with van der Waals surface area (Å²) in [6.07, 6.45) is 6.29. The maximum atomic E-state index is 14.7. The number of nitrogens with one attached hydrogen (secondary N) is 1. The van der Waals surface area contributed by atoms with Crippen molar-refractivity contribution in [3.8, 4) is 0 Å². The van der Waals surface area contributed by atoms with Crippen LogP contribution in [0.25, 0.3) is 0 Å². The highest BCUT2D eigenvalue weighted by molar-refractivity contribution is 6.42. The molecule has 0 aliphatic heterocycles. The third-order valence-electron chi connectivity index (χ3n) is 5.94. The Labute approximate surface area is 158 Å². The molecule has 0 heterocycles. The Hall–Kier alpha value is -0.840. The van der Waals surface area contributed by atoms with Crippen LogP contribution < -0.4 is 11.1 Å². The molecule has 138 valence electrons. The molecule has 0 aromatic heterocycles. The van der Waals surface area contributed by atoms with Crippen molar-refractivity contribution in [2.45, 2.75) is 64.0 Å². The molecule has 3 nitrogen and oxygen atoms in total. The van der Waals surface area contributed by atoms with Gasteiger partial charge < -0.3 is 11.1 Å². The zero-order chi connectivity index (χ0) is 18.2. The van der Waals surface area contributed by atoms with E-state index in [0.29, 0.717) is 17.0 Å². The molecule has 6 heteroatoms. The fraction of sp³-hybridized carbons (Fsp3) is 0.632. The Balaban J connectivity index is 1.94. The van der Waals surface area contributed by atoms with E-state index in [-0.39, 0.29) is 28.3 Å². The standard InChI is InChI=1S/C19H25Cl2FN2O/c1-19(8-2-3-9-19)17(15-14(22)7-6-13(20)16(15)21)24-18(25)11-4-5-12(23)10-11/h6-7,11-12,17H,2-5,8-10,23H2,1H3,(H,24,25)/t11-,12-,17-/m1/s1. The molecule has 0 bridgehead atoms. The average Bonchev–Trinajstić information content (AvgIpc) is 3.19. The molecule has 0 radical (unpaired) electrons. The van der Waals surface area contributed by atoms with E-state index in [1.807, 2.05) is 0 Å². The van der Waals surface area contributed by atoms with E-state index >= 15 is 0 Å². The van der Waals surface area contributed by atoms with Crippen LogP contribution >= 0.6 is 23.2 Å². The van der Waals surface area contributed by atoms with Gasteiger partial charge in [0.05, 0.1) is 16.1 Å². The van der Waals surface area contributed by atoms with Crippen molar-refractivity contribution in [3.63, 3.8) is 0 Å². The number of carbonyl (C=O) groups excluding carboxylic acids is 1. The predicted molar refractivity (Wildman–Crippen MR) is 99.2 cm³/mol. The monoisotopic (exact) mass is 386 g/mol. The van der Waals surface area contributed by atoms with Crippen LogP contribution in [0.15, 0.2) is 12.1 Å². The Morgan fingerprint density at radius 2 is 2.00 bits per heavy atom. The summed E-state index contributed by atoms with van der Waals surface area (Å²) in [5, 5.41) is 3.61. The summed E-state index contributed by atoms with van der Waals surface area (Å²) in [4.78, 5) is 12.8. The Kier molecular flexibility index (Phi) is 5.62. The molecule has 0 spiro atoms. The van der Waals surface area contributed by atoms with Gasteiger partial charge in [-0.25, -0.2) is 4.39 Å². The molecule has 2 fully saturated rings. The van der Waals surface area contributed by atoms with E-state index in [0.717, 1.165) is 38.5 Å². The highest BCUT2D eigenvalue weighted by Crippen LogP contribution is 2.50. The smallest absolute Gasteiger partial charge is 0.223 e. The zero-order valence-electron chi connectivity index (χ0n) is 14.5. The summed E-state index contributed by atoms with van der Waals surface area (Å²) in [5.41, 5.74) is 6.03. The number of benzene rings is 1. The second-order valence-electron chi connectivity index (χ2n) is 7.83. The van der Waals surface area contributed by atoms with Crippen LogP contribution in [0.5, 0.6) is 0 Å². The van der Waals surface area contributed by atoms with Gasteiger partial charge in [-0.15, -0.1) is 0 Å². The lowest BCUT2D eigenvalue weighted by atomic mass is 9.76. The first-order valence-corrected chi connectivity index (χ1v) is 9.77. The summed E-state index contributed by atoms with van der Waals surface area (Å²) in [7, 11) is 0. The van der Waals surface area contributed by atoms with Crippen LogP contribution in [0.1, 0.15) is 63.5 Å². The Morgan fingerprint density at radius 1 is 1.32 bits per heavy atom. The maximum absolute atomic E-state index is 14.7. The maximum Gasteiger partial charge on any atom is 0.223 e. The van der Waals surface area contributed by atoms with Crippen molar-refractivity contribution < 1.29 is 9.18 Å². The van der Waals surface area contributed by atoms with Gasteiger partial charge in [-0.3, -0.25) is 4.79 Å². The van der Waals surface area contributed by atoms with Crippen LogP contribution in [0.4, 0.5) is 4.39 Å². The molecular weight excluding hydrogens is 362 g/mol. The van der Waals surface area contributed by atoms with Crippen LogP contribution in [-0.4, -0.2) is 11.9 Å². The van der Waals surface area contributed by atoms with E-state index < -0.39 is 11.9 Å². The van der Waals surface area contributed by atoms with Crippen molar-refractivity contribution in [1.29, 1.82) is 0 Å². The third kappa shape index (κ3) is 3.81. The molecule has 2 aliphatic carbocycles. The van der Waals surface area contributed by atoms with Gasteiger partial charge in [-0.1, -0.05) is 43.0 Å². The van der Waals surface area contributed by atoms with Crippen molar-refractivity contribution in [3.05, 3.63) is 33.6 Å². The van der Waals surface area contributed by atoms with Gasteiger partial charge in [-0.05, 0) is 49.7 Å². The van der Waals surface area contributed by atoms with E-state index in [1.165, 1.54) is 12.1 Å². The molecule has 3 rings (SSSR count). The van der Waals surface area contributed by atoms with Crippen LogP contribution in [-0.2, 0) is 4.79 Å². The third-order valence-corrected chi connectivity index (χ3v) is 6.76. The summed E-state index contributed by atoms with van der Waals surface area (Å²) >= 11 is 12.5. The summed E-state index contributed by atoms with van der Waals surface area (Å²) in [5.74, 6) is -0.582. The number of nitrogens with two attached hydrogens (primary N) is 1. The highest BCUT2D eigenvalue weighted by Gasteiger charge is 2.42. The molecule has 1 aromatic carbocycles. The van der Waals surface area contributed by atoms with E-state index in [2.05, 4.69) is 12.2 Å². The lowest BCUT2D eigenvalue weighted by Crippen LogP contribution is -2.41. The number of carbonyl (C=O) groups is 1. The van der Waals surface area contributed by atoms with Crippen LogP contribution in [0.3, 0.4) is 0 Å². The molecule has 2 aliphatic rings. The number of hydrogen-bond acceptors (Lipinski definition) is 2. The van der Waals surface area contributed by atoms with Crippen LogP contribution in [0.2, 0.25) is 10.0 Å².